The molecule has 3 rings (SSSR count). The number of rotatable bonds is 6. The first-order valence-corrected chi connectivity index (χ1v) is 9.85. The molecule has 8 heteroatoms. The van der Waals surface area contributed by atoms with Crippen LogP contribution in [0.25, 0.3) is 0 Å². The number of benzene rings is 1. The molecule has 0 spiro atoms. The van der Waals surface area contributed by atoms with E-state index in [0.29, 0.717) is 36.1 Å². The van der Waals surface area contributed by atoms with Crippen LogP contribution in [0.2, 0.25) is 5.02 Å². The third-order valence-electron chi connectivity index (χ3n) is 4.91. The second-order valence-electron chi connectivity index (χ2n) is 7.03. The van der Waals surface area contributed by atoms with Gasteiger partial charge in [0.25, 0.3) is 0 Å². The molecule has 2 N–H and O–H groups in total. The number of nitrogens with one attached hydrogen (secondary N) is 2. The van der Waals surface area contributed by atoms with Gasteiger partial charge >= 0.3 is 0 Å². The molecule has 1 aromatic carbocycles. The Hall–Kier alpha value is -1.86. The lowest BCUT2D eigenvalue weighted by Crippen LogP contribution is -2.54. The monoisotopic (exact) mass is 395 g/mol. The van der Waals surface area contributed by atoms with Gasteiger partial charge < -0.3 is 15.5 Å². The predicted octanol–water partition coefficient (Wildman–Crippen LogP) is 1.49. The van der Waals surface area contributed by atoms with E-state index in [1.807, 2.05) is 0 Å². The molecular formula is C19H27ClFN5O. The van der Waals surface area contributed by atoms with E-state index in [4.69, 9.17) is 11.6 Å². The van der Waals surface area contributed by atoms with Crippen LogP contribution < -0.4 is 10.6 Å². The van der Waals surface area contributed by atoms with Crippen molar-refractivity contribution in [1.82, 2.24) is 20.4 Å². The van der Waals surface area contributed by atoms with E-state index in [2.05, 4.69) is 25.4 Å². The van der Waals surface area contributed by atoms with Crippen molar-refractivity contribution < 1.29 is 9.18 Å². The molecule has 6 nitrogen and oxygen atoms in total. The highest BCUT2D eigenvalue weighted by Gasteiger charge is 2.25. The first-order valence-electron chi connectivity index (χ1n) is 9.47. The molecule has 27 heavy (non-hydrogen) atoms. The topological polar surface area (TPSA) is 60.0 Å². The Kier molecular flexibility index (Phi) is 6.90. The van der Waals surface area contributed by atoms with Gasteiger partial charge in [0.1, 0.15) is 5.82 Å². The number of nitrogens with zero attached hydrogens (tertiary/aromatic N) is 3. The zero-order valence-corrected chi connectivity index (χ0v) is 16.4. The first-order chi connectivity index (χ1) is 13.1. The SMILES string of the molecule is CN=C(NCCc1c(F)cccc1Cl)N1CCN(CC(=O)NC2CC2)CC1. The van der Waals surface area contributed by atoms with Crippen molar-refractivity contribution in [3.63, 3.8) is 0 Å². The molecule has 2 aliphatic rings. The maximum Gasteiger partial charge on any atom is 0.234 e. The first kappa shape index (κ1) is 19.9. The van der Waals surface area contributed by atoms with E-state index in [1.165, 1.54) is 6.07 Å². The third-order valence-corrected chi connectivity index (χ3v) is 5.27. The molecule has 0 atom stereocenters. The molecule has 0 unspecified atom stereocenters. The van der Waals surface area contributed by atoms with Crippen molar-refractivity contribution in [3.8, 4) is 0 Å². The van der Waals surface area contributed by atoms with Gasteiger partial charge in [-0.25, -0.2) is 4.39 Å². The molecule has 0 bridgehead atoms. The number of carbonyl (C=O) groups is 1. The molecule has 1 saturated carbocycles. The van der Waals surface area contributed by atoms with Gasteiger partial charge in [-0.15, -0.1) is 0 Å². The smallest absolute Gasteiger partial charge is 0.234 e. The zero-order valence-electron chi connectivity index (χ0n) is 15.7. The van der Waals surface area contributed by atoms with Crippen LogP contribution in [0.5, 0.6) is 0 Å². The molecule has 2 fully saturated rings. The van der Waals surface area contributed by atoms with Crippen molar-refractivity contribution in [2.24, 2.45) is 4.99 Å². The Morgan fingerprint density at radius 3 is 2.67 bits per heavy atom. The summed E-state index contributed by atoms with van der Waals surface area (Å²) in [5.74, 6) is 0.636. The normalized spacial score (nSPS) is 18.5. The third kappa shape index (κ3) is 5.81. The minimum absolute atomic E-state index is 0.121. The van der Waals surface area contributed by atoms with Crippen LogP contribution in [0.15, 0.2) is 23.2 Å². The highest BCUT2D eigenvalue weighted by atomic mass is 35.5. The highest BCUT2D eigenvalue weighted by Crippen LogP contribution is 2.19. The summed E-state index contributed by atoms with van der Waals surface area (Å²) in [4.78, 5) is 20.6. The van der Waals surface area contributed by atoms with Crippen molar-refractivity contribution in [2.75, 3.05) is 46.3 Å². The van der Waals surface area contributed by atoms with Crippen LogP contribution in [-0.2, 0) is 11.2 Å². The summed E-state index contributed by atoms with van der Waals surface area (Å²) >= 11 is 6.07. The molecule has 1 saturated heterocycles. The number of piperazine rings is 1. The molecule has 0 aromatic heterocycles. The molecule has 148 valence electrons. The van der Waals surface area contributed by atoms with Crippen LogP contribution in [0.4, 0.5) is 4.39 Å². The van der Waals surface area contributed by atoms with Crippen molar-refractivity contribution in [1.29, 1.82) is 0 Å². The van der Waals surface area contributed by atoms with Gasteiger partial charge in [0.05, 0.1) is 6.54 Å². The summed E-state index contributed by atoms with van der Waals surface area (Å²) in [5.41, 5.74) is 0.522. The molecule has 1 aliphatic carbocycles. The Morgan fingerprint density at radius 1 is 1.30 bits per heavy atom. The molecule has 1 aliphatic heterocycles. The molecule has 0 radical (unpaired) electrons. The van der Waals surface area contributed by atoms with Crippen molar-refractivity contribution >= 4 is 23.5 Å². The Labute approximate surface area is 164 Å². The molecule has 1 heterocycles. The lowest BCUT2D eigenvalue weighted by atomic mass is 10.1. The zero-order chi connectivity index (χ0) is 19.2. The van der Waals surface area contributed by atoms with E-state index >= 15 is 0 Å². The summed E-state index contributed by atoms with van der Waals surface area (Å²) in [5, 5.41) is 6.76. The van der Waals surface area contributed by atoms with Gasteiger partial charge in [-0.2, -0.15) is 0 Å². The highest BCUT2D eigenvalue weighted by molar-refractivity contribution is 6.31. The lowest BCUT2D eigenvalue weighted by Gasteiger charge is -2.36. The second kappa shape index (κ2) is 9.37. The summed E-state index contributed by atoms with van der Waals surface area (Å²) in [7, 11) is 1.74. The minimum atomic E-state index is -0.280. The number of hydrogen-bond acceptors (Lipinski definition) is 3. The Balaban J connectivity index is 1.41. The van der Waals surface area contributed by atoms with Gasteiger partial charge in [0.15, 0.2) is 5.96 Å². The fourth-order valence-electron chi connectivity index (χ4n) is 3.22. The number of halogens is 2. The Bertz CT molecular complexity index is 666. The van der Waals surface area contributed by atoms with Crippen LogP contribution in [0.3, 0.4) is 0 Å². The number of aliphatic imine (C=N–C) groups is 1. The van der Waals surface area contributed by atoms with E-state index in [0.717, 1.165) is 45.0 Å². The Morgan fingerprint density at radius 2 is 2.04 bits per heavy atom. The van der Waals surface area contributed by atoms with Crippen molar-refractivity contribution in [3.05, 3.63) is 34.6 Å². The summed E-state index contributed by atoms with van der Waals surface area (Å²) in [6.45, 7) is 4.25. The minimum Gasteiger partial charge on any atom is -0.356 e. The van der Waals surface area contributed by atoms with Crippen LogP contribution in [0, 0.1) is 5.82 Å². The fraction of sp³-hybridized carbons (Fsp3) is 0.579. The van der Waals surface area contributed by atoms with Crippen molar-refractivity contribution in [2.45, 2.75) is 25.3 Å². The standard InChI is InChI=1S/C19H27ClFN5O/c1-22-19(23-8-7-15-16(20)3-2-4-17(15)21)26-11-9-25(10-12-26)13-18(27)24-14-5-6-14/h2-4,14H,5-13H2,1H3,(H,22,23)(H,24,27). The van der Waals surface area contributed by atoms with Gasteiger partial charge in [0, 0.05) is 56.4 Å². The summed E-state index contributed by atoms with van der Waals surface area (Å²) < 4.78 is 13.9. The largest absolute Gasteiger partial charge is 0.356 e. The maximum absolute atomic E-state index is 13.9. The van der Waals surface area contributed by atoms with Crippen LogP contribution in [-0.4, -0.2) is 74.0 Å². The average molecular weight is 396 g/mol. The molecular weight excluding hydrogens is 369 g/mol. The number of guanidine groups is 1. The predicted molar refractivity (Wildman–Crippen MR) is 106 cm³/mol. The van der Waals surface area contributed by atoms with Gasteiger partial charge in [-0.1, -0.05) is 17.7 Å². The quantitative estimate of drug-likeness (QED) is 0.566. The summed E-state index contributed by atoms with van der Waals surface area (Å²) in [6.07, 6.45) is 2.71. The van der Waals surface area contributed by atoms with Gasteiger partial charge in [-0.3, -0.25) is 14.7 Å². The fourth-order valence-corrected chi connectivity index (χ4v) is 3.48. The number of carbonyl (C=O) groups excluding carboxylic acids is 1. The average Bonchev–Trinajstić information content (AvgIpc) is 3.45. The van der Waals surface area contributed by atoms with Gasteiger partial charge in [-0.05, 0) is 31.4 Å². The summed E-state index contributed by atoms with van der Waals surface area (Å²) in [6, 6.07) is 5.14. The van der Waals surface area contributed by atoms with E-state index in [9.17, 15) is 9.18 Å². The van der Waals surface area contributed by atoms with E-state index in [-0.39, 0.29) is 11.7 Å². The lowest BCUT2D eigenvalue weighted by molar-refractivity contribution is -0.122. The molecule has 1 aromatic rings. The van der Waals surface area contributed by atoms with Crippen LogP contribution in [0.1, 0.15) is 18.4 Å². The van der Waals surface area contributed by atoms with Crippen LogP contribution >= 0.6 is 11.6 Å². The second-order valence-corrected chi connectivity index (χ2v) is 7.44. The number of hydrogen-bond donors (Lipinski definition) is 2. The number of amides is 1. The van der Waals surface area contributed by atoms with E-state index < -0.39 is 0 Å². The maximum atomic E-state index is 13.9. The van der Waals surface area contributed by atoms with E-state index in [1.54, 1.807) is 19.2 Å². The molecule has 1 amide bonds. The van der Waals surface area contributed by atoms with Gasteiger partial charge in [0.2, 0.25) is 5.91 Å².